The summed E-state index contributed by atoms with van der Waals surface area (Å²) < 4.78 is 25.4. The van der Waals surface area contributed by atoms with Gasteiger partial charge in [-0.25, -0.2) is 0 Å². The smallest absolute Gasteiger partial charge is 0.187 e. The van der Waals surface area contributed by atoms with Crippen LogP contribution in [0.25, 0.3) is 0 Å². The van der Waals surface area contributed by atoms with E-state index in [9.17, 15) is 51.1 Å². The average Bonchev–Trinajstić information content (AvgIpc) is 3.52. The van der Waals surface area contributed by atoms with Crippen molar-refractivity contribution in [3.8, 4) is 0 Å². The summed E-state index contributed by atoms with van der Waals surface area (Å²) in [6, 6.07) is 0. The molecule has 4 aliphatic carbocycles. The lowest BCUT2D eigenvalue weighted by molar-refractivity contribution is -0.349. The van der Waals surface area contributed by atoms with Crippen LogP contribution in [0, 0.1) is 45.3 Å². The van der Waals surface area contributed by atoms with E-state index in [2.05, 4.69) is 26.8 Å². The third kappa shape index (κ3) is 7.06. The highest BCUT2D eigenvalue weighted by Gasteiger charge is 2.74. The largest absolute Gasteiger partial charge is 0.394 e. The van der Waals surface area contributed by atoms with Gasteiger partial charge >= 0.3 is 0 Å². The van der Waals surface area contributed by atoms with E-state index in [-0.39, 0.29) is 23.7 Å². The maximum absolute atomic E-state index is 12.6. The molecule has 2 aliphatic heterocycles. The number of hydrogen-bond donors (Lipinski definition) is 10. The van der Waals surface area contributed by atoms with E-state index < -0.39 is 120 Å². The van der Waals surface area contributed by atoms with Gasteiger partial charge in [0.15, 0.2) is 12.6 Å². The monoisotopic (exact) mass is 800 g/mol. The summed E-state index contributed by atoms with van der Waals surface area (Å²) >= 11 is 0. The van der Waals surface area contributed by atoms with E-state index in [0.717, 1.165) is 12.0 Å². The molecule has 0 aromatic rings. The normalized spacial score (nSPS) is 52.6. The predicted octanol–water partition coefficient (Wildman–Crippen LogP) is 1.12. The zero-order chi connectivity index (χ0) is 41.5. The molecule has 6 aliphatic rings. The SMILES string of the molecule is CC(C)=CCC[C@](C)(O[C@@H]1OC(CO)[C@@H](O)[C@@H](O)C1O)[C@H]1CC[C@]2(C)[C@@H]1[C@H](O)C[C@@H]1[C@@]3(C)CC[C@H](O)C(C)(C)[C@@H]3C(O[C@@H]3OC(CO)[C@@H](O)[C@@H](O)C3O)C[C@]12C. The second kappa shape index (κ2) is 15.9. The van der Waals surface area contributed by atoms with E-state index in [1.165, 1.54) is 0 Å². The second-order valence-electron chi connectivity index (χ2n) is 20.2. The molecule has 324 valence electrons. The van der Waals surface area contributed by atoms with Gasteiger partial charge in [-0.3, -0.25) is 0 Å². The van der Waals surface area contributed by atoms with Crippen molar-refractivity contribution >= 4 is 0 Å². The van der Waals surface area contributed by atoms with E-state index in [1.807, 2.05) is 34.6 Å². The second-order valence-corrected chi connectivity index (χ2v) is 20.2. The molecule has 0 bridgehead atoms. The Morgan fingerprint density at radius 1 is 0.750 bits per heavy atom. The standard InChI is InChI=1S/C42H72O14/c1-20(2)10-9-13-42(8,56-37-34(52)32(50)30(48)25(19-44)55-37)21-11-15-40(6)28(21)22(45)16-26-39(5)14-12-27(46)38(3,4)35(39)23(17-41(26,40)7)53-36-33(51)31(49)29(47)24(18-43)54-36/h10,21-37,43-52H,9,11-19H2,1-8H3/t21-,22+,23?,24?,25?,26+,27-,28-,29+,30+,31+,32+,33?,34?,35-,36+,37-,39+,40+,41+,42-/m0/s1. The molecule has 6 rings (SSSR count). The summed E-state index contributed by atoms with van der Waals surface area (Å²) in [6.45, 7) is 15.7. The van der Waals surface area contributed by atoms with Crippen molar-refractivity contribution in [3.05, 3.63) is 11.6 Å². The van der Waals surface area contributed by atoms with Gasteiger partial charge in [0, 0.05) is 0 Å². The van der Waals surface area contributed by atoms with Gasteiger partial charge < -0.3 is 70.0 Å². The Balaban J connectivity index is 1.39. The summed E-state index contributed by atoms with van der Waals surface area (Å²) in [4.78, 5) is 0. The Kier molecular flexibility index (Phi) is 12.7. The van der Waals surface area contributed by atoms with E-state index >= 15 is 0 Å². The molecule has 0 amide bonds. The fraction of sp³-hybridized carbons (Fsp3) is 0.952. The van der Waals surface area contributed by atoms with E-state index in [0.29, 0.717) is 44.9 Å². The fourth-order valence-corrected chi connectivity index (χ4v) is 13.5. The molecule has 14 nitrogen and oxygen atoms in total. The fourth-order valence-electron chi connectivity index (χ4n) is 13.5. The summed E-state index contributed by atoms with van der Waals surface area (Å²) in [5, 5.41) is 109. The number of allylic oxidation sites excluding steroid dienone is 2. The topological polar surface area (TPSA) is 239 Å². The van der Waals surface area contributed by atoms with Crippen molar-refractivity contribution in [2.45, 2.75) is 192 Å². The Morgan fingerprint density at radius 3 is 1.89 bits per heavy atom. The number of ether oxygens (including phenoxy) is 4. The first-order valence-electron chi connectivity index (χ1n) is 21.0. The Morgan fingerprint density at radius 2 is 1.32 bits per heavy atom. The predicted molar refractivity (Wildman–Crippen MR) is 202 cm³/mol. The highest BCUT2D eigenvalue weighted by Crippen LogP contribution is 2.76. The quantitative estimate of drug-likeness (QED) is 0.110. The van der Waals surface area contributed by atoms with Crippen LogP contribution in [0.3, 0.4) is 0 Å². The average molecular weight is 801 g/mol. The summed E-state index contributed by atoms with van der Waals surface area (Å²) in [6.07, 6.45) is -9.52. The first kappa shape index (κ1) is 44.7. The minimum absolute atomic E-state index is 0.000258. The molecule has 10 N–H and O–H groups in total. The molecule has 0 spiro atoms. The van der Waals surface area contributed by atoms with E-state index in [1.54, 1.807) is 0 Å². The Labute approximate surface area is 331 Å². The van der Waals surface area contributed by atoms with Crippen LogP contribution in [0.1, 0.15) is 107 Å². The number of rotatable bonds is 10. The van der Waals surface area contributed by atoms with E-state index in [4.69, 9.17) is 18.9 Å². The molecule has 0 aromatic heterocycles. The molecular weight excluding hydrogens is 728 g/mol. The molecular formula is C42H72O14. The van der Waals surface area contributed by atoms with Gasteiger partial charge in [0.1, 0.15) is 48.8 Å². The molecule has 6 fully saturated rings. The lowest BCUT2D eigenvalue weighted by Crippen LogP contribution is -2.71. The van der Waals surface area contributed by atoms with Crippen molar-refractivity contribution < 1.29 is 70.0 Å². The van der Waals surface area contributed by atoms with Crippen molar-refractivity contribution in [3.63, 3.8) is 0 Å². The lowest BCUT2D eigenvalue weighted by Gasteiger charge is -2.72. The molecule has 2 heterocycles. The highest BCUT2D eigenvalue weighted by molar-refractivity contribution is 5.22. The number of fused-ring (bicyclic) bond motifs is 5. The van der Waals surface area contributed by atoms with Crippen LogP contribution in [0.15, 0.2) is 11.6 Å². The minimum atomic E-state index is -1.61. The molecule has 2 saturated heterocycles. The molecule has 0 radical (unpaired) electrons. The van der Waals surface area contributed by atoms with Crippen molar-refractivity contribution in [2.75, 3.05) is 13.2 Å². The Hall–Kier alpha value is -0.820. The van der Waals surface area contributed by atoms with Gasteiger partial charge in [-0.15, -0.1) is 0 Å². The summed E-state index contributed by atoms with van der Waals surface area (Å²) in [5.41, 5.74) is -1.92. The highest BCUT2D eigenvalue weighted by atomic mass is 16.7. The summed E-state index contributed by atoms with van der Waals surface area (Å²) in [7, 11) is 0. The van der Waals surface area contributed by atoms with Gasteiger partial charge in [-0.1, -0.05) is 46.3 Å². The van der Waals surface area contributed by atoms with Crippen molar-refractivity contribution in [1.82, 2.24) is 0 Å². The molecule has 5 unspecified atom stereocenters. The molecule has 0 aromatic carbocycles. The van der Waals surface area contributed by atoms with Crippen molar-refractivity contribution in [2.24, 2.45) is 45.3 Å². The Bertz CT molecular complexity index is 1400. The zero-order valence-electron chi connectivity index (χ0n) is 34.6. The van der Waals surface area contributed by atoms with Crippen molar-refractivity contribution in [1.29, 1.82) is 0 Å². The van der Waals surface area contributed by atoms with Crippen LogP contribution in [-0.2, 0) is 18.9 Å². The summed E-state index contributed by atoms with van der Waals surface area (Å²) in [5.74, 6) is -0.781. The first-order valence-corrected chi connectivity index (χ1v) is 21.0. The lowest BCUT2D eigenvalue weighted by atomic mass is 9.34. The maximum Gasteiger partial charge on any atom is 0.187 e. The van der Waals surface area contributed by atoms with Gasteiger partial charge in [-0.05, 0) is 117 Å². The van der Waals surface area contributed by atoms with Crippen LogP contribution in [0.5, 0.6) is 0 Å². The third-order valence-electron chi connectivity index (χ3n) is 16.6. The van der Waals surface area contributed by atoms with Gasteiger partial charge in [0.2, 0.25) is 0 Å². The van der Waals surface area contributed by atoms with Crippen LogP contribution in [0.4, 0.5) is 0 Å². The third-order valence-corrected chi connectivity index (χ3v) is 16.6. The number of aliphatic hydroxyl groups is 10. The van der Waals surface area contributed by atoms with Crippen LogP contribution in [-0.4, -0.2) is 150 Å². The maximum atomic E-state index is 12.6. The van der Waals surface area contributed by atoms with Gasteiger partial charge in [-0.2, -0.15) is 0 Å². The minimum Gasteiger partial charge on any atom is -0.394 e. The molecule has 14 heteroatoms. The van der Waals surface area contributed by atoms with Gasteiger partial charge in [0.25, 0.3) is 0 Å². The first-order chi connectivity index (χ1) is 26.0. The van der Waals surface area contributed by atoms with Crippen LogP contribution < -0.4 is 0 Å². The molecule has 4 saturated carbocycles. The zero-order valence-corrected chi connectivity index (χ0v) is 34.6. The van der Waals surface area contributed by atoms with Gasteiger partial charge in [0.05, 0.1) is 37.1 Å². The molecule has 21 atom stereocenters. The number of hydrogen-bond acceptors (Lipinski definition) is 14. The number of aliphatic hydroxyl groups excluding tert-OH is 10. The van der Waals surface area contributed by atoms with Crippen LogP contribution in [0.2, 0.25) is 0 Å². The van der Waals surface area contributed by atoms with Crippen LogP contribution >= 0.6 is 0 Å². The molecule has 56 heavy (non-hydrogen) atoms.